The van der Waals surface area contributed by atoms with E-state index in [1.54, 1.807) is 0 Å². The molecule has 1 unspecified atom stereocenters. The number of benzene rings is 1. The van der Waals surface area contributed by atoms with Gasteiger partial charge in [0.05, 0.1) is 5.02 Å². The van der Waals surface area contributed by atoms with Crippen LogP contribution in [0.2, 0.25) is 5.02 Å². The van der Waals surface area contributed by atoms with Crippen LogP contribution in [0.1, 0.15) is 0 Å². The van der Waals surface area contributed by atoms with Gasteiger partial charge in [0.2, 0.25) is 5.91 Å². The van der Waals surface area contributed by atoms with Crippen LogP contribution in [0.4, 0.5) is 4.39 Å². The van der Waals surface area contributed by atoms with Crippen molar-refractivity contribution >= 4 is 17.5 Å². The first-order chi connectivity index (χ1) is 7.00. The molecule has 0 aliphatic carbocycles. The van der Waals surface area contributed by atoms with Crippen LogP contribution in [0.15, 0.2) is 18.2 Å². The minimum Gasteiger partial charge on any atom is -0.491 e. The summed E-state index contributed by atoms with van der Waals surface area (Å²) < 4.78 is 18.0. The van der Waals surface area contributed by atoms with Crippen molar-refractivity contribution in [3.63, 3.8) is 0 Å². The highest BCUT2D eigenvalue weighted by Gasteiger charge is 2.10. The summed E-state index contributed by atoms with van der Waals surface area (Å²) in [6, 6.07) is 3.01. The molecule has 0 saturated heterocycles. The van der Waals surface area contributed by atoms with E-state index in [1.807, 2.05) is 0 Å². The fraction of sp³-hybridized carbons (Fsp3) is 0.222. The summed E-state index contributed by atoms with van der Waals surface area (Å²) in [4.78, 5) is 10.6. The first-order valence-electron chi connectivity index (χ1n) is 4.13. The Morgan fingerprint density at radius 1 is 1.60 bits per heavy atom. The molecule has 0 bridgehead atoms. The molecule has 1 amide bonds. The second kappa shape index (κ2) is 4.95. The van der Waals surface area contributed by atoms with E-state index in [-0.39, 0.29) is 17.4 Å². The average molecular weight is 233 g/mol. The van der Waals surface area contributed by atoms with Crippen LogP contribution in [-0.2, 0) is 4.79 Å². The van der Waals surface area contributed by atoms with Gasteiger partial charge in [0.25, 0.3) is 0 Å². The highest BCUT2D eigenvalue weighted by Crippen LogP contribution is 2.20. The van der Waals surface area contributed by atoms with Gasteiger partial charge in [0.1, 0.15) is 24.2 Å². The van der Waals surface area contributed by atoms with Gasteiger partial charge in [-0.15, -0.1) is 0 Å². The molecular formula is C9H10ClFN2O2. The number of primary amides is 1. The summed E-state index contributed by atoms with van der Waals surface area (Å²) in [7, 11) is 0. The Bertz CT molecular complexity index is 373. The van der Waals surface area contributed by atoms with Gasteiger partial charge in [-0.25, -0.2) is 4.39 Å². The van der Waals surface area contributed by atoms with E-state index in [1.165, 1.54) is 12.1 Å². The highest BCUT2D eigenvalue weighted by molar-refractivity contribution is 6.30. The van der Waals surface area contributed by atoms with Gasteiger partial charge in [-0.1, -0.05) is 11.6 Å². The lowest BCUT2D eigenvalue weighted by Crippen LogP contribution is -2.41. The number of amides is 1. The summed E-state index contributed by atoms with van der Waals surface area (Å²) in [6.07, 6.45) is 0. The fourth-order valence-corrected chi connectivity index (χ4v) is 0.952. The van der Waals surface area contributed by atoms with Crippen molar-refractivity contribution in [1.82, 2.24) is 0 Å². The zero-order valence-corrected chi connectivity index (χ0v) is 8.50. The van der Waals surface area contributed by atoms with Crippen molar-refractivity contribution in [3.8, 4) is 5.75 Å². The first kappa shape index (κ1) is 11.7. The molecule has 4 N–H and O–H groups in total. The summed E-state index contributed by atoms with van der Waals surface area (Å²) in [5.74, 6) is -1.03. The Balaban J connectivity index is 2.58. The van der Waals surface area contributed by atoms with Crippen LogP contribution in [0.5, 0.6) is 5.75 Å². The van der Waals surface area contributed by atoms with E-state index in [0.29, 0.717) is 0 Å². The molecule has 4 nitrogen and oxygen atoms in total. The Morgan fingerprint density at radius 3 is 2.80 bits per heavy atom. The summed E-state index contributed by atoms with van der Waals surface area (Å²) >= 11 is 5.46. The molecule has 0 fully saturated rings. The zero-order chi connectivity index (χ0) is 11.4. The normalized spacial score (nSPS) is 12.2. The third-order valence-electron chi connectivity index (χ3n) is 1.69. The molecule has 0 aliphatic heterocycles. The number of rotatable bonds is 4. The Labute approximate surface area is 90.9 Å². The first-order valence-corrected chi connectivity index (χ1v) is 4.51. The molecule has 0 aromatic heterocycles. The summed E-state index contributed by atoms with van der Waals surface area (Å²) in [6.45, 7) is -0.101. The largest absolute Gasteiger partial charge is 0.491 e. The monoisotopic (exact) mass is 232 g/mol. The standard InChI is InChI=1S/C9H10ClFN2O2/c10-6-2-1-5(3-7(6)11)15-4-8(12)9(13)14/h1-3,8H,4,12H2,(H2,13,14). The number of carbonyl (C=O) groups is 1. The maximum absolute atomic E-state index is 12.9. The van der Waals surface area contributed by atoms with Crippen molar-refractivity contribution < 1.29 is 13.9 Å². The summed E-state index contributed by atoms with van der Waals surface area (Å²) in [5, 5.41) is 0.00143. The van der Waals surface area contributed by atoms with Gasteiger partial charge in [0.15, 0.2) is 0 Å². The fourth-order valence-electron chi connectivity index (χ4n) is 0.835. The quantitative estimate of drug-likeness (QED) is 0.801. The van der Waals surface area contributed by atoms with E-state index in [2.05, 4.69) is 0 Å². The zero-order valence-electron chi connectivity index (χ0n) is 7.74. The smallest absolute Gasteiger partial charge is 0.237 e. The maximum Gasteiger partial charge on any atom is 0.237 e. The minimum atomic E-state index is -0.913. The predicted molar refractivity (Wildman–Crippen MR) is 54.1 cm³/mol. The van der Waals surface area contributed by atoms with Crippen molar-refractivity contribution in [3.05, 3.63) is 29.0 Å². The van der Waals surface area contributed by atoms with Gasteiger partial charge in [-0.2, -0.15) is 0 Å². The van der Waals surface area contributed by atoms with E-state index in [4.69, 9.17) is 27.8 Å². The number of hydrogen-bond donors (Lipinski definition) is 2. The van der Waals surface area contributed by atoms with Crippen LogP contribution in [0, 0.1) is 5.82 Å². The lowest BCUT2D eigenvalue weighted by Gasteiger charge is -2.10. The molecule has 82 valence electrons. The van der Waals surface area contributed by atoms with Gasteiger partial charge < -0.3 is 16.2 Å². The highest BCUT2D eigenvalue weighted by atomic mass is 35.5. The van der Waals surface area contributed by atoms with E-state index < -0.39 is 17.8 Å². The average Bonchev–Trinajstić information content (AvgIpc) is 2.19. The third-order valence-corrected chi connectivity index (χ3v) is 1.99. The molecule has 1 aromatic carbocycles. The SMILES string of the molecule is NC(=O)C(N)COc1ccc(Cl)c(F)c1. The Kier molecular flexibility index (Phi) is 3.88. The Hall–Kier alpha value is -1.33. The number of hydrogen-bond acceptors (Lipinski definition) is 3. The van der Waals surface area contributed by atoms with Crippen LogP contribution < -0.4 is 16.2 Å². The topological polar surface area (TPSA) is 78.3 Å². The van der Waals surface area contributed by atoms with Crippen LogP contribution in [0.3, 0.4) is 0 Å². The minimum absolute atomic E-state index is 0.00143. The van der Waals surface area contributed by atoms with Crippen LogP contribution in [0.25, 0.3) is 0 Å². The van der Waals surface area contributed by atoms with Crippen molar-refractivity contribution in [2.24, 2.45) is 11.5 Å². The third kappa shape index (κ3) is 3.38. The molecule has 0 saturated carbocycles. The molecule has 0 aliphatic rings. The molecule has 0 spiro atoms. The van der Waals surface area contributed by atoms with Crippen molar-refractivity contribution in [2.45, 2.75) is 6.04 Å². The molecule has 15 heavy (non-hydrogen) atoms. The van der Waals surface area contributed by atoms with E-state index in [0.717, 1.165) is 6.07 Å². The van der Waals surface area contributed by atoms with Crippen LogP contribution in [-0.4, -0.2) is 18.6 Å². The van der Waals surface area contributed by atoms with E-state index in [9.17, 15) is 9.18 Å². The van der Waals surface area contributed by atoms with Gasteiger partial charge >= 0.3 is 0 Å². The van der Waals surface area contributed by atoms with Gasteiger partial charge in [-0.3, -0.25) is 4.79 Å². The molecular weight excluding hydrogens is 223 g/mol. The van der Waals surface area contributed by atoms with E-state index >= 15 is 0 Å². The molecule has 6 heteroatoms. The molecule has 0 radical (unpaired) electrons. The number of halogens is 2. The molecule has 1 aromatic rings. The maximum atomic E-state index is 12.9. The lowest BCUT2D eigenvalue weighted by molar-refractivity contribution is -0.119. The summed E-state index contributed by atoms with van der Waals surface area (Å²) in [5.41, 5.74) is 10.2. The molecule has 0 heterocycles. The van der Waals surface area contributed by atoms with Gasteiger partial charge in [-0.05, 0) is 12.1 Å². The van der Waals surface area contributed by atoms with Gasteiger partial charge in [0, 0.05) is 6.07 Å². The number of ether oxygens (including phenoxy) is 1. The lowest BCUT2D eigenvalue weighted by atomic mass is 10.3. The number of carbonyl (C=O) groups excluding carboxylic acids is 1. The second-order valence-corrected chi connectivity index (χ2v) is 3.30. The van der Waals surface area contributed by atoms with Crippen molar-refractivity contribution in [1.29, 1.82) is 0 Å². The van der Waals surface area contributed by atoms with Crippen LogP contribution >= 0.6 is 11.6 Å². The Morgan fingerprint density at radius 2 is 2.27 bits per heavy atom. The second-order valence-electron chi connectivity index (χ2n) is 2.90. The van der Waals surface area contributed by atoms with Crippen molar-refractivity contribution in [2.75, 3.05) is 6.61 Å². The molecule has 1 rings (SSSR count). The number of nitrogens with two attached hydrogens (primary N) is 2. The molecule has 1 atom stereocenters. The predicted octanol–water partition coefficient (Wildman–Crippen LogP) is 0.671.